The molecule has 2 aromatic rings. The fourth-order valence-electron chi connectivity index (χ4n) is 2.30. The lowest BCUT2D eigenvalue weighted by Gasteiger charge is -2.27. The molecule has 130 valence electrons. The summed E-state index contributed by atoms with van der Waals surface area (Å²) < 4.78 is 5.84. The van der Waals surface area contributed by atoms with Crippen molar-refractivity contribution in [1.82, 2.24) is 9.97 Å². The normalized spacial score (nSPS) is 13.2. The van der Waals surface area contributed by atoms with Crippen LogP contribution in [0.3, 0.4) is 0 Å². The maximum atomic E-state index is 12.3. The number of ketones is 1. The summed E-state index contributed by atoms with van der Waals surface area (Å²) in [7, 11) is 0. The van der Waals surface area contributed by atoms with Gasteiger partial charge in [-0.2, -0.15) is 0 Å². The summed E-state index contributed by atoms with van der Waals surface area (Å²) in [5.41, 5.74) is 0.561. The second-order valence-electron chi connectivity index (χ2n) is 5.26. The molecule has 10 heteroatoms. The largest absolute Gasteiger partial charge is 0.480 e. The molecule has 1 aliphatic rings. The van der Waals surface area contributed by atoms with Gasteiger partial charge in [-0.15, -0.1) is 0 Å². The van der Waals surface area contributed by atoms with Crippen LogP contribution in [0.15, 0.2) is 16.7 Å². The lowest BCUT2D eigenvalue weighted by atomic mass is 10.3. The number of nitrogens with zero attached hydrogens (tertiary/aromatic N) is 3. The maximum absolute atomic E-state index is 12.3. The number of Topliss-reactive ketones (excluding diaryl/α,β-unsaturated/α-hetero) is 1. The topological polar surface area (TPSA) is 101 Å². The number of thiazole rings is 1. The van der Waals surface area contributed by atoms with Crippen molar-refractivity contribution < 1.29 is 19.1 Å². The summed E-state index contributed by atoms with van der Waals surface area (Å²) in [6.07, 6.45) is 0. The van der Waals surface area contributed by atoms with Crippen molar-refractivity contribution in [3.8, 4) is 5.75 Å². The van der Waals surface area contributed by atoms with E-state index in [-0.39, 0.29) is 30.7 Å². The predicted octanol–water partition coefficient (Wildman–Crippen LogP) is 2.18. The first-order valence-corrected chi connectivity index (χ1v) is 8.84. The number of fused-ring (bicyclic) bond motifs is 1. The van der Waals surface area contributed by atoms with Crippen molar-refractivity contribution in [2.45, 2.75) is 13.8 Å². The van der Waals surface area contributed by atoms with Gasteiger partial charge in [0.05, 0.1) is 10.6 Å². The van der Waals surface area contributed by atoms with Crippen LogP contribution in [-0.4, -0.2) is 40.7 Å². The summed E-state index contributed by atoms with van der Waals surface area (Å²) >= 11 is 4.34. The summed E-state index contributed by atoms with van der Waals surface area (Å²) in [5.74, 6) is -0.207. The molecule has 2 amide bonds. The van der Waals surface area contributed by atoms with Crippen LogP contribution in [0, 0.1) is 6.92 Å². The monoisotopic (exact) mass is 424 g/mol. The number of hydrogen-bond acceptors (Lipinski definition) is 7. The highest BCUT2D eigenvalue weighted by atomic mass is 79.9. The molecule has 0 bridgehead atoms. The van der Waals surface area contributed by atoms with Gasteiger partial charge < -0.3 is 10.1 Å². The zero-order chi connectivity index (χ0) is 18.1. The molecule has 0 saturated carbocycles. The van der Waals surface area contributed by atoms with Gasteiger partial charge in [0.25, 0.3) is 5.91 Å². The molecular formula is C15H13BrN4O4S. The van der Waals surface area contributed by atoms with Crippen LogP contribution in [0.5, 0.6) is 5.75 Å². The van der Waals surface area contributed by atoms with Gasteiger partial charge in [-0.1, -0.05) is 11.3 Å². The zero-order valence-corrected chi connectivity index (χ0v) is 15.7. The fourth-order valence-corrected chi connectivity index (χ4v) is 3.47. The van der Waals surface area contributed by atoms with E-state index in [1.54, 1.807) is 19.1 Å². The molecule has 8 nitrogen and oxygen atoms in total. The Bertz CT molecular complexity index is 882. The van der Waals surface area contributed by atoms with Crippen LogP contribution in [-0.2, 0) is 9.59 Å². The first kappa shape index (κ1) is 17.5. The lowest BCUT2D eigenvalue weighted by molar-refractivity contribution is -0.123. The van der Waals surface area contributed by atoms with Crippen LogP contribution in [0.25, 0.3) is 0 Å². The third-order valence-corrected chi connectivity index (χ3v) is 4.99. The molecular weight excluding hydrogens is 412 g/mol. The molecule has 0 aromatic carbocycles. The number of hydrogen-bond donors (Lipinski definition) is 1. The first-order chi connectivity index (χ1) is 11.8. The van der Waals surface area contributed by atoms with Crippen LogP contribution >= 0.6 is 27.3 Å². The number of carbonyl (C=O) groups excluding carboxylic acids is 3. The van der Waals surface area contributed by atoms with E-state index in [1.807, 2.05) is 0 Å². The minimum absolute atomic E-state index is 0.109. The number of pyridine rings is 1. The standard InChI is InChI=1S/C15H13BrN4O4S/c1-7-13(8(2)21)25-15(17-7)19-11(22)5-20-12(23)6-24-9-3-4-10(16)18-14(9)20/h3-4H,5-6H2,1-2H3,(H,17,19,22). The van der Waals surface area contributed by atoms with Gasteiger partial charge in [0.2, 0.25) is 5.91 Å². The second-order valence-corrected chi connectivity index (χ2v) is 7.07. The van der Waals surface area contributed by atoms with Crippen LogP contribution in [0.4, 0.5) is 10.9 Å². The molecule has 25 heavy (non-hydrogen) atoms. The van der Waals surface area contributed by atoms with E-state index in [0.717, 1.165) is 11.3 Å². The van der Waals surface area contributed by atoms with Crippen molar-refractivity contribution in [3.63, 3.8) is 0 Å². The smallest absolute Gasteiger partial charge is 0.266 e. The van der Waals surface area contributed by atoms with Gasteiger partial charge in [-0.25, -0.2) is 9.97 Å². The number of aromatic nitrogens is 2. The Balaban J connectivity index is 1.77. The minimum atomic E-state index is -0.438. The third kappa shape index (κ3) is 3.69. The number of nitrogens with one attached hydrogen (secondary N) is 1. The molecule has 1 aliphatic heterocycles. The highest BCUT2D eigenvalue weighted by Crippen LogP contribution is 2.31. The van der Waals surface area contributed by atoms with Crippen LogP contribution < -0.4 is 15.0 Å². The quantitative estimate of drug-likeness (QED) is 0.595. The number of aryl methyl sites for hydroxylation is 1. The average molecular weight is 425 g/mol. The minimum Gasteiger partial charge on any atom is -0.480 e. The molecule has 0 unspecified atom stereocenters. The summed E-state index contributed by atoms with van der Waals surface area (Å²) in [6.45, 7) is 2.76. The Kier molecular flexibility index (Phi) is 4.82. The van der Waals surface area contributed by atoms with E-state index < -0.39 is 5.91 Å². The summed E-state index contributed by atoms with van der Waals surface area (Å²) in [5, 5.41) is 2.93. The molecule has 0 radical (unpaired) electrons. The van der Waals surface area contributed by atoms with Crippen molar-refractivity contribution in [2.24, 2.45) is 0 Å². The Morgan fingerprint density at radius 3 is 2.84 bits per heavy atom. The van der Waals surface area contributed by atoms with E-state index in [1.165, 1.54) is 11.8 Å². The van der Waals surface area contributed by atoms with Gasteiger partial charge in [0.1, 0.15) is 11.1 Å². The predicted molar refractivity (Wildman–Crippen MR) is 95.3 cm³/mol. The number of anilines is 2. The van der Waals surface area contributed by atoms with E-state index in [0.29, 0.717) is 26.1 Å². The van der Waals surface area contributed by atoms with E-state index in [4.69, 9.17) is 4.74 Å². The summed E-state index contributed by atoms with van der Waals surface area (Å²) in [4.78, 5) is 46.0. The first-order valence-electron chi connectivity index (χ1n) is 7.23. The van der Waals surface area contributed by atoms with Crippen molar-refractivity contribution in [3.05, 3.63) is 27.3 Å². The third-order valence-electron chi connectivity index (χ3n) is 3.38. The molecule has 0 fully saturated rings. The number of halogens is 1. The number of ether oxygens (including phenoxy) is 1. The highest BCUT2D eigenvalue weighted by molar-refractivity contribution is 9.10. The Morgan fingerprint density at radius 1 is 1.40 bits per heavy atom. The Hall–Kier alpha value is -2.33. The Morgan fingerprint density at radius 2 is 2.16 bits per heavy atom. The molecule has 0 aliphatic carbocycles. The van der Waals surface area contributed by atoms with Gasteiger partial charge >= 0.3 is 0 Å². The molecule has 3 rings (SSSR count). The number of carbonyl (C=O) groups is 3. The molecule has 3 heterocycles. The SMILES string of the molecule is CC(=O)c1sc(NC(=O)CN2C(=O)COc3ccc(Br)nc32)nc1C. The summed E-state index contributed by atoms with van der Waals surface area (Å²) in [6, 6.07) is 3.36. The molecule has 2 aromatic heterocycles. The zero-order valence-electron chi connectivity index (χ0n) is 13.3. The van der Waals surface area contributed by atoms with Crippen molar-refractivity contribution in [1.29, 1.82) is 0 Å². The maximum Gasteiger partial charge on any atom is 0.266 e. The highest BCUT2D eigenvalue weighted by Gasteiger charge is 2.29. The van der Waals surface area contributed by atoms with Crippen molar-refractivity contribution in [2.75, 3.05) is 23.4 Å². The van der Waals surface area contributed by atoms with Gasteiger partial charge in [0.15, 0.2) is 29.1 Å². The van der Waals surface area contributed by atoms with Gasteiger partial charge in [-0.05, 0) is 35.0 Å². The Labute approximate surface area is 155 Å². The van der Waals surface area contributed by atoms with Crippen LogP contribution in [0.2, 0.25) is 0 Å². The van der Waals surface area contributed by atoms with E-state index >= 15 is 0 Å². The second kappa shape index (κ2) is 6.89. The number of amides is 2. The molecule has 0 saturated heterocycles. The van der Waals surface area contributed by atoms with Gasteiger partial charge in [0, 0.05) is 6.92 Å². The molecule has 1 N–H and O–H groups in total. The molecule has 0 atom stereocenters. The lowest BCUT2D eigenvalue weighted by Crippen LogP contribution is -2.44. The van der Waals surface area contributed by atoms with Gasteiger partial charge in [-0.3, -0.25) is 19.3 Å². The van der Waals surface area contributed by atoms with E-state index in [2.05, 4.69) is 31.2 Å². The van der Waals surface area contributed by atoms with E-state index in [9.17, 15) is 14.4 Å². The average Bonchev–Trinajstić information content (AvgIpc) is 2.91. The van der Waals surface area contributed by atoms with Crippen LogP contribution in [0.1, 0.15) is 22.3 Å². The molecule has 0 spiro atoms. The van der Waals surface area contributed by atoms with Crippen molar-refractivity contribution >= 4 is 55.8 Å². The fraction of sp³-hybridized carbons (Fsp3) is 0.267. The number of rotatable bonds is 4.